The summed E-state index contributed by atoms with van der Waals surface area (Å²) in [6, 6.07) is 10.2. The van der Waals surface area contributed by atoms with Gasteiger partial charge in [-0.3, -0.25) is 0 Å². The van der Waals surface area contributed by atoms with Crippen LogP contribution in [0.5, 0.6) is 0 Å². The normalized spacial score (nSPS) is 11.6. The number of rotatable bonds is 6. The van der Waals surface area contributed by atoms with Gasteiger partial charge < -0.3 is 10.1 Å². The Morgan fingerprint density at radius 2 is 2.18 bits per heavy atom. The molecule has 0 aliphatic heterocycles. The number of hydrogen-bond acceptors (Lipinski definition) is 2. The Labute approximate surface area is 102 Å². The summed E-state index contributed by atoms with van der Waals surface area (Å²) in [5.41, 5.74) is 1.28. The monoisotopic (exact) mass is 233 g/mol. The molecule has 0 fully saturated rings. The smallest absolute Gasteiger partial charge is 0.407 e. The van der Waals surface area contributed by atoms with Gasteiger partial charge in [0.05, 0.1) is 0 Å². The Kier molecular flexibility index (Phi) is 5.86. The molecule has 92 valence electrons. The molecule has 1 aromatic rings. The van der Waals surface area contributed by atoms with Crippen LogP contribution in [0, 0.1) is 5.92 Å². The molecule has 0 spiro atoms. The summed E-state index contributed by atoms with van der Waals surface area (Å²) in [5, 5.41) is 2.73. The lowest BCUT2D eigenvalue weighted by Gasteiger charge is -2.12. The van der Waals surface area contributed by atoms with Gasteiger partial charge in [0.25, 0.3) is 0 Å². The number of carbonyl (C=O) groups is 1. The van der Waals surface area contributed by atoms with Crippen LogP contribution in [0.1, 0.15) is 12.5 Å². The summed E-state index contributed by atoms with van der Waals surface area (Å²) in [6.07, 6.45) is 2.11. The van der Waals surface area contributed by atoms with E-state index in [1.54, 1.807) is 6.08 Å². The lowest BCUT2D eigenvalue weighted by atomic mass is 10.0. The highest BCUT2D eigenvalue weighted by Crippen LogP contribution is 2.07. The molecule has 1 atom stereocenters. The molecule has 0 aromatic heterocycles. The minimum absolute atomic E-state index is 0.249. The molecule has 0 radical (unpaired) electrons. The standard InChI is InChI=1S/C14H19NO2/c1-3-9-17-14(16)15-11-12(2)10-13-7-5-4-6-8-13/h3-8,12H,1,9-11H2,2H3,(H,15,16). The van der Waals surface area contributed by atoms with Crippen molar-refractivity contribution in [3.05, 3.63) is 48.6 Å². The van der Waals surface area contributed by atoms with Crippen molar-refractivity contribution in [2.45, 2.75) is 13.3 Å². The van der Waals surface area contributed by atoms with Crippen molar-refractivity contribution in [3.63, 3.8) is 0 Å². The maximum atomic E-state index is 11.2. The van der Waals surface area contributed by atoms with Crippen molar-refractivity contribution in [1.82, 2.24) is 5.32 Å². The molecular formula is C14H19NO2. The maximum absolute atomic E-state index is 11.2. The average molecular weight is 233 g/mol. The van der Waals surface area contributed by atoms with Gasteiger partial charge in [0.1, 0.15) is 6.61 Å². The fourth-order valence-corrected chi connectivity index (χ4v) is 1.53. The first kappa shape index (κ1) is 13.3. The first-order valence-corrected chi connectivity index (χ1v) is 5.78. The van der Waals surface area contributed by atoms with Gasteiger partial charge in [-0.25, -0.2) is 4.79 Å². The molecule has 0 saturated heterocycles. The SMILES string of the molecule is C=CCOC(=O)NCC(C)Cc1ccccc1. The molecule has 0 aliphatic carbocycles. The molecule has 1 N–H and O–H groups in total. The number of amides is 1. The highest BCUT2D eigenvalue weighted by atomic mass is 16.5. The van der Waals surface area contributed by atoms with Crippen molar-refractivity contribution < 1.29 is 9.53 Å². The van der Waals surface area contributed by atoms with Crippen LogP contribution < -0.4 is 5.32 Å². The molecule has 3 nitrogen and oxygen atoms in total. The van der Waals surface area contributed by atoms with E-state index in [4.69, 9.17) is 4.74 Å². The van der Waals surface area contributed by atoms with E-state index in [1.165, 1.54) is 5.56 Å². The van der Waals surface area contributed by atoms with Gasteiger partial charge in [-0.05, 0) is 17.9 Å². The second-order valence-electron chi connectivity index (χ2n) is 4.06. The van der Waals surface area contributed by atoms with Crippen LogP contribution in [-0.4, -0.2) is 19.2 Å². The second kappa shape index (κ2) is 7.49. The molecular weight excluding hydrogens is 214 g/mol. The van der Waals surface area contributed by atoms with Gasteiger partial charge in [-0.15, -0.1) is 0 Å². The van der Waals surface area contributed by atoms with E-state index >= 15 is 0 Å². The van der Waals surface area contributed by atoms with Crippen molar-refractivity contribution in [3.8, 4) is 0 Å². The van der Waals surface area contributed by atoms with Gasteiger partial charge in [0.15, 0.2) is 0 Å². The summed E-state index contributed by atoms with van der Waals surface area (Å²) in [6.45, 7) is 6.44. The lowest BCUT2D eigenvalue weighted by molar-refractivity contribution is 0.157. The van der Waals surface area contributed by atoms with E-state index in [-0.39, 0.29) is 12.7 Å². The van der Waals surface area contributed by atoms with Gasteiger partial charge in [-0.1, -0.05) is 49.9 Å². The summed E-state index contributed by atoms with van der Waals surface area (Å²) in [7, 11) is 0. The lowest BCUT2D eigenvalue weighted by Crippen LogP contribution is -2.29. The molecule has 0 saturated carbocycles. The maximum Gasteiger partial charge on any atom is 0.407 e. The zero-order chi connectivity index (χ0) is 12.5. The number of benzene rings is 1. The molecule has 1 aromatic carbocycles. The van der Waals surface area contributed by atoms with Crippen LogP contribution in [0.25, 0.3) is 0 Å². The van der Waals surface area contributed by atoms with E-state index < -0.39 is 0 Å². The Bertz CT molecular complexity index is 348. The van der Waals surface area contributed by atoms with Crippen LogP contribution in [0.3, 0.4) is 0 Å². The first-order chi connectivity index (χ1) is 8.22. The molecule has 1 amide bonds. The van der Waals surface area contributed by atoms with Gasteiger partial charge in [-0.2, -0.15) is 0 Å². The number of ether oxygens (including phenoxy) is 1. The van der Waals surface area contributed by atoms with Crippen molar-refractivity contribution in [1.29, 1.82) is 0 Å². The van der Waals surface area contributed by atoms with E-state index in [0.717, 1.165) is 6.42 Å². The largest absolute Gasteiger partial charge is 0.445 e. The van der Waals surface area contributed by atoms with Crippen LogP contribution in [0.4, 0.5) is 4.79 Å². The van der Waals surface area contributed by atoms with Gasteiger partial charge in [0.2, 0.25) is 0 Å². The molecule has 1 unspecified atom stereocenters. The van der Waals surface area contributed by atoms with Crippen molar-refractivity contribution in [2.75, 3.05) is 13.2 Å². The summed E-state index contributed by atoms with van der Waals surface area (Å²) in [4.78, 5) is 11.2. The molecule has 3 heteroatoms. The van der Waals surface area contributed by atoms with E-state index in [0.29, 0.717) is 12.5 Å². The third-order valence-electron chi connectivity index (χ3n) is 2.35. The van der Waals surface area contributed by atoms with Crippen molar-refractivity contribution in [2.24, 2.45) is 5.92 Å². The number of nitrogens with one attached hydrogen (secondary N) is 1. The summed E-state index contributed by atoms with van der Waals surface area (Å²) < 4.78 is 4.82. The minimum Gasteiger partial charge on any atom is -0.445 e. The summed E-state index contributed by atoms with van der Waals surface area (Å²) in [5.74, 6) is 0.383. The Balaban J connectivity index is 2.23. The fourth-order valence-electron chi connectivity index (χ4n) is 1.53. The van der Waals surface area contributed by atoms with E-state index in [9.17, 15) is 4.79 Å². The number of alkyl carbamates (subject to hydrolysis) is 1. The van der Waals surface area contributed by atoms with E-state index in [2.05, 4.69) is 31.0 Å². The van der Waals surface area contributed by atoms with Gasteiger partial charge >= 0.3 is 6.09 Å². The second-order valence-corrected chi connectivity index (χ2v) is 4.06. The minimum atomic E-state index is -0.384. The third-order valence-corrected chi connectivity index (χ3v) is 2.35. The van der Waals surface area contributed by atoms with E-state index in [1.807, 2.05) is 18.2 Å². The van der Waals surface area contributed by atoms with Crippen LogP contribution >= 0.6 is 0 Å². The topological polar surface area (TPSA) is 38.3 Å². The zero-order valence-electron chi connectivity index (χ0n) is 10.2. The molecule has 0 aliphatic rings. The fraction of sp³-hybridized carbons (Fsp3) is 0.357. The molecule has 1 rings (SSSR count). The van der Waals surface area contributed by atoms with Crippen LogP contribution in [0.2, 0.25) is 0 Å². The predicted molar refractivity (Wildman–Crippen MR) is 68.9 cm³/mol. The number of carbonyl (C=O) groups excluding carboxylic acids is 1. The average Bonchev–Trinajstić information content (AvgIpc) is 2.35. The number of hydrogen-bond donors (Lipinski definition) is 1. The predicted octanol–water partition coefficient (Wildman–Crippen LogP) is 2.78. The highest BCUT2D eigenvalue weighted by Gasteiger charge is 2.06. The third kappa shape index (κ3) is 5.76. The van der Waals surface area contributed by atoms with Crippen LogP contribution in [0.15, 0.2) is 43.0 Å². The van der Waals surface area contributed by atoms with Crippen LogP contribution in [-0.2, 0) is 11.2 Å². The summed E-state index contributed by atoms with van der Waals surface area (Å²) >= 11 is 0. The molecule has 0 heterocycles. The van der Waals surface area contributed by atoms with Crippen molar-refractivity contribution >= 4 is 6.09 Å². The zero-order valence-corrected chi connectivity index (χ0v) is 10.2. The quantitative estimate of drug-likeness (QED) is 0.767. The first-order valence-electron chi connectivity index (χ1n) is 5.78. The van der Waals surface area contributed by atoms with Gasteiger partial charge in [0, 0.05) is 6.54 Å². The Morgan fingerprint density at radius 1 is 1.47 bits per heavy atom. The Hall–Kier alpha value is -1.77. The molecule has 17 heavy (non-hydrogen) atoms. The molecule has 0 bridgehead atoms. The highest BCUT2D eigenvalue weighted by molar-refractivity contribution is 5.67. The Morgan fingerprint density at radius 3 is 2.82 bits per heavy atom.